The highest BCUT2D eigenvalue weighted by Gasteiger charge is 2.24. The van der Waals surface area contributed by atoms with Crippen LogP contribution in [0.5, 0.6) is 0 Å². The Hall–Kier alpha value is -1.66. The summed E-state index contributed by atoms with van der Waals surface area (Å²) in [5.41, 5.74) is 1.21. The van der Waals surface area contributed by atoms with Gasteiger partial charge in [0.25, 0.3) is 0 Å². The molecule has 1 aliphatic carbocycles. The number of sulfonamides is 1. The van der Waals surface area contributed by atoms with Crippen molar-refractivity contribution in [2.24, 2.45) is 0 Å². The summed E-state index contributed by atoms with van der Waals surface area (Å²) in [6.45, 7) is 3.39. The van der Waals surface area contributed by atoms with E-state index >= 15 is 0 Å². The highest BCUT2D eigenvalue weighted by atomic mass is 32.2. The van der Waals surface area contributed by atoms with Gasteiger partial charge in [-0.3, -0.25) is 0 Å². The van der Waals surface area contributed by atoms with Gasteiger partial charge in [-0.15, -0.1) is 0 Å². The molecule has 1 aromatic carbocycles. The number of hydrogen-bond donors (Lipinski definition) is 2. The minimum Gasteiger partial charge on any atom is -0.478 e. The van der Waals surface area contributed by atoms with E-state index < -0.39 is 16.0 Å². The number of aromatic carboxylic acids is 1. The first-order valence-corrected chi connectivity index (χ1v) is 7.81. The molecule has 0 amide bonds. The standard InChI is InChI=1S/C14H17NO4S/c1-9-7-11(14(16)17)8-13(10(9)2)20(18,19)15-12-5-3-4-6-12/h3-4,7-8,12,15H,5-6H2,1-2H3,(H,16,17). The van der Waals surface area contributed by atoms with Crippen LogP contribution >= 0.6 is 0 Å². The quantitative estimate of drug-likeness (QED) is 0.832. The molecular formula is C14H17NO4S. The average Bonchev–Trinajstić information content (AvgIpc) is 2.83. The fourth-order valence-corrected chi connectivity index (χ4v) is 3.83. The maximum absolute atomic E-state index is 12.4. The second-order valence-corrected chi connectivity index (χ2v) is 6.66. The van der Waals surface area contributed by atoms with Crippen molar-refractivity contribution in [1.82, 2.24) is 4.72 Å². The fourth-order valence-electron chi connectivity index (χ4n) is 2.23. The van der Waals surface area contributed by atoms with Crippen LogP contribution in [0.4, 0.5) is 0 Å². The average molecular weight is 295 g/mol. The lowest BCUT2D eigenvalue weighted by atomic mass is 10.1. The maximum atomic E-state index is 12.4. The van der Waals surface area contributed by atoms with E-state index in [0.717, 1.165) is 0 Å². The summed E-state index contributed by atoms with van der Waals surface area (Å²) in [5, 5.41) is 9.05. The molecule has 1 aliphatic rings. The minimum atomic E-state index is -3.71. The van der Waals surface area contributed by atoms with E-state index in [2.05, 4.69) is 4.72 Å². The van der Waals surface area contributed by atoms with Gasteiger partial charge in [0, 0.05) is 6.04 Å². The second kappa shape index (κ2) is 5.38. The Kier molecular flexibility index (Phi) is 3.96. The van der Waals surface area contributed by atoms with Gasteiger partial charge in [-0.25, -0.2) is 17.9 Å². The van der Waals surface area contributed by atoms with E-state index in [9.17, 15) is 13.2 Å². The van der Waals surface area contributed by atoms with Gasteiger partial charge < -0.3 is 5.11 Å². The van der Waals surface area contributed by atoms with Crippen molar-refractivity contribution in [3.63, 3.8) is 0 Å². The molecule has 0 bridgehead atoms. The summed E-state index contributed by atoms with van der Waals surface area (Å²) in [5.74, 6) is -1.13. The molecule has 0 unspecified atom stereocenters. The third-order valence-corrected chi connectivity index (χ3v) is 5.13. The lowest BCUT2D eigenvalue weighted by Crippen LogP contribution is -2.33. The van der Waals surface area contributed by atoms with Crippen LogP contribution in [0, 0.1) is 13.8 Å². The molecule has 0 heterocycles. The Labute approximate surface area is 118 Å². The Bertz CT molecular complexity index is 669. The summed E-state index contributed by atoms with van der Waals surface area (Å²) in [6, 6.07) is 2.55. The Morgan fingerprint density at radius 2 is 1.85 bits per heavy atom. The van der Waals surface area contributed by atoms with Crippen LogP contribution in [0.25, 0.3) is 0 Å². The molecule has 20 heavy (non-hydrogen) atoms. The maximum Gasteiger partial charge on any atom is 0.335 e. The largest absolute Gasteiger partial charge is 0.478 e. The lowest BCUT2D eigenvalue weighted by molar-refractivity contribution is 0.0696. The number of nitrogens with one attached hydrogen (secondary N) is 1. The predicted molar refractivity (Wildman–Crippen MR) is 75.4 cm³/mol. The Morgan fingerprint density at radius 3 is 2.40 bits per heavy atom. The number of benzene rings is 1. The molecule has 6 heteroatoms. The summed E-state index contributed by atoms with van der Waals surface area (Å²) in [4.78, 5) is 11.1. The molecule has 0 fully saturated rings. The molecule has 0 aromatic heterocycles. The molecule has 5 nitrogen and oxygen atoms in total. The highest BCUT2D eigenvalue weighted by molar-refractivity contribution is 7.89. The zero-order valence-electron chi connectivity index (χ0n) is 11.4. The van der Waals surface area contributed by atoms with Gasteiger partial charge >= 0.3 is 5.97 Å². The SMILES string of the molecule is Cc1cc(C(=O)O)cc(S(=O)(=O)NC2CC=CC2)c1C. The highest BCUT2D eigenvalue weighted by Crippen LogP contribution is 2.22. The molecule has 0 aliphatic heterocycles. The fraction of sp³-hybridized carbons (Fsp3) is 0.357. The van der Waals surface area contributed by atoms with Crippen LogP contribution < -0.4 is 4.72 Å². The molecule has 0 atom stereocenters. The molecule has 0 radical (unpaired) electrons. The van der Waals surface area contributed by atoms with Crippen LogP contribution in [0.1, 0.15) is 34.3 Å². The predicted octanol–water partition coefficient (Wildman–Crippen LogP) is 2.00. The van der Waals surface area contributed by atoms with E-state index in [4.69, 9.17) is 5.11 Å². The number of carboxylic acid groups (broad SMARTS) is 1. The van der Waals surface area contributed by atoms with Gasteiger partial charge in [0.1, 0.15) is 0 Å². The number of rotatable bonds is 4. The van der Waals surface area contributed by atoms with Crippen molar-refractivity contribution < 1.29 is 18.3 Å². The van der Waals surface area contributed by atoms with E-state index in [0.29, 0.717) is 24.0 Å². The van der Waals surface area contributed by atoms with Gasteiger partial charge in [0.15, 0.2) is 0 Å². The van der Waals surface area contributed by atoms with E-state index in [-0.39, 0.29) is 16.5 Å². The third-order valence-electron chi connectivity index (χ3n) is 3.49. The number of carboxylic acids is 1. The molecule has 1 aromatic rings. The smallest absolute Gasteiger partial charge is 0.335 e. The normalized spacial score (nSPS) is 15.7. The third kappa shape index (κ3) is 2.91. The van der Waals surface area contributed by atoms with Crippen LogP contribution in [-0.2, 0) is 10.0 Å². The van der Waals surface area contributed by atoms with Crippen molar-refractivity contribution in [1.29, 1.82) is 0 Å². The van der Waals surface area contributed by atoms with Gasteiger partial charge in [-0.1, -0.05) is 12.2 Å². The number of hydrogen-bond acceptors (Lipinski definition) is 3. The van der Waals surface area contributed by atoms with Crippen LogP contribution in [0.15, 0.2) is 29.2 Å². The molecule has 108 valence electrons. The van der Waals surface area contributed by atoms with Gasteiger partial charge in [-0.2, -0.15) is 0 Å². The zero-order chi connectivity index (χ0) is 14.9. The summed E-state index contributed by atoms with van der Waals surface area (Å²) < 4.78 is 27.4. The molecule has 2 N–H and O–H groups in total. The number of aryl methyl sites for hydroxylation is 1. The molecule has 0 saturated heterocycles. The molecule has 0 saturated carbocycles. The topological polar surface area (TPSA) is 83.5 Å². The van der Waals surface area contributed by atoms with Crippen molar-refractivity contribution in [3.8, 4) is 0 Å². The first kappa shape index (κ1) is 14.7. The monoisotopic (exact) mass is 295 g/mol. The van der Waals surface area contributed by atoms with Crippen LogP contribution in [0.3, 0.4) is 0 Å². The van der Waals surface area contributed by atoms with Gasteiger partial charge in [0.05, 0.1) is 10.5 Å². The summed E-state index contributed by atoms with van der Waals surface area (Å²) >= 11 is 0. The second-order valence-electron chi connectivity index (χ2n) is 4.98. The van der Waals surface area contributed by atoms with Crippen LogP contribution in [0.2, 0.25) is 0 Å². The van der Waals surface area contributed by atoms with Gasteiger partial charge in [-0.05, 0) is 49.9 Å². The first-order chi connectivity index (χ1) is 9.31. The number of carbonyl (C=O) groups is 1. The Morgan fingerprint density at radius 1 is 1.25 bits per heavy atom. The molecule has 0 spiro atoms. The molecule has 2 rings (SSSR count). The zero-order valence-corrected chi connectivity index (χ0v) is 12.2. The van der Waals surface area contributed by atoms with Gasteiger partial charge in [0.2, 0.25) is 10.0 Å². The van der Waals surface area contributed by atoms with Crippen molar-refractivity contribution in [3.05, 3.63) is 41.0 Å². The summed E-state index contributed by atoms with van der Waals surface area (Å²) in [6.07, 6.45) is 5.18. The van der Waals surface area contributed by atoms with Crippen molar-refractivity contribution >= 4 is 16.0 Å². The van der Waals surface area contributed by atoms with E-state index in [1.54, 1.807) is 13.8 Å². The first-order valence-electron chi connectivity index (χ1n) is 6.33. The van der Waals surface area contributed by atoms with E-state index in [1.807, 2.05) is 12.2 Å². The molecular weight excluding hydrogens is 278 g/mol. The van der Waals surface area contributed by atoms with Crippen molar-refractivity contribution in [2.75, 3.05) is 0 Å². The van der Waals surface area contributed by atoms with Crippen LogP contribution in [-0.4, -0.2) is 25.5 Å². The van der Waals surface area contributed by atoms with E-state index in [1.165, 1.54) is 12.1 Å². The Balaban J connectivity index is 2.42. The minimum absolute atomic E-state index is 0.0157. The summed E-state index contributed by atoms with van der Waals surface area (Å²) in [7, 11) is -3.71. The van der Waals surface area contributed by atoms with Crippen molar-refractivity contribution in [2.45, 2.75) is 37.6 Å². The lowest BCUT2D eigenvalue weighted by Gasteiger charge is -2.16.